The lowest BCUT2D eigenvalue weighted by Gasteiger charge is -2.10. The van der Waals surface area contributed by atoms with Crippen LogP contribution in [0, 0.1) is 5.82 Å². The molecule has 0 unspecified atom stereocenters. The Kier molecular flexibility index (Phi) is 4.63. The quantitative estimate of drug-likeness (QED) is 0.875. The molecule has 0 atom stereocenters. The normalized spacial score (nSPS) is 10.3. The summed E-state index contributed by atoms with van der Waals surface area (Å²) in [5.74, 6) is 0.396. The Balaban J connectivity index is 2.18. The van der Waals surface area contributed by atoms with Crippen molar-refractivity contribution in [2.24, 2.45) is 0 Å². The molecule has 0 aliphatic rings. The van der Waals surface area contributed by atoms with Gasteiger partial charge in [0.2, 0.25) is 5.88 Å². The number of halogens is 2. The van der Waals surface area contributed by atoms with E-state index in [0.29, 0.717) is 29.7 Å². The first-order valence-corrected chi connectivity index (χ1v) is 6.59. The molecule has 0 spiro atoms. The number of hydrogen-bond acceptors (Lipinski definition) is 4. The predicted octanol–water partition coefficient (Wildman–Crippen LogP) is 3.99. The number of benzene rings is 1. The highest BCUT2D eigenvalue weighted by Crippen LogP contribution is 2.25. The SMILES string of the molecule is CCCOc1nc(Nc2ccc(Cl)c(F)c2)ccc1N. The first kappa shape index (κ1) is 14.4. The molecule has 1 aromatic heterocycles. The Labute approximate surface area is 121 Å². The van der Waals surface area contributed by atoms with Crippen LogP contribution in [-0.2, 0) is 0 Å². The summed E-state index contributed by atoms with van der Waals surface area (Å²) < 4.78 is 18.8. The number of nitrogens with zero attached hydrogens (tertiary/aromatic N) is 1. The van der Waals surface area contributed by atoms with Crippen LogP contribution in [0.1, 0.15) is 13.3 Å². The molecule has 2 rings (SSSR count). The lowest BCUT2D eigenvalue weighted by molar-refractivity contribution is 0.307. The van der Waals surface area contributed by atoms with Gasteiger partial charge in [-0.25, -0.2) is 4.39 Å². The fraction of sp³-hybridized carbons (Fsp3) is 0.214. The molecule has 2 aromatic rings. The second-order valence-corrected chi connectivity index (χ2v) is 4.60. The Morgan fingerprint density at radius 3 is 2.85 bits per heavy atom. The minimum atomic E-state index is -0.491. The number of nitrogens with two attached hydrogens (primary N) is 1. The highest BCUT2D eigenvalue weighted by molar-refractivity contribution is 6.30. The van der Waals surface area contributed by atoms with Crippen LogP contribution in [0.15, 0.2) is 30.3 Å². The van der Waals surface area contributed by atoms with Crippen LogP contribution in [0.5, 0.6) is 5.88 Å². The van der Waals surface area contributed by atoms with Crippen molar-refractivity contribution in [1.29, 1.82) is 0 Å². The van der Waals surface area contributed by atoms with Crippen molar-refractivity contribution in [3.8, 4) is 5.88 Å². The molecule has 20 heavy (non-hydrogen) atoms. The van der Waals surface area contributed by atoms with Crippen LogP contribution >= 0.6 is 11.6 Å². The third-order valence-electron chi connectivity index (χ3n) is 2.52. The highest BCUT2D eigenvalue weighted by atomic mass is 35.5. The maximum atomic E-state index is 13.4. The molecule has 3 N–H and O–H groups in total. The first-order chi connectivity index (χ1) is 9.60. The van der Waals surface area contributed by atoms with Crippen LogP contribution in [0.3, 0.4) is 0 Å². The van der Waals surface area contributed by atoms with Crippen molar-refractivity contribution < 1.29 is 9.13 Å². The molecule has 1 aromatic carbocycles. The summed E-state index contributed by atoms with van der Waals surface area (Å²) in [4.78, 5) is 4.24. The van der Waals surface area contributed by atoms with Crippen LogP contribution in [0.25, 0.3) is 0 Å². The second kappa shape index (κ2) is 6.43. The van der Waals surface area contributed by atoms with Crippen molar-refractivity contribution in [3.05, 3.63) is 41.2 Å². The largest absolute Gasteiger partial charge is 0.476 e. The molecule has 6 heteroatoms. The van der Waals surface area contributed by atoms with E-state index in [1.165, 1.54) is 12.1 Å². The van der Waals surface area contributed by atoms with Gasteiger partial charge in [-0.1, -0.05) is 18.5 Å². The van der Waals surface area contributed by atoms with Gasteiger partial charge in [-0.05, 0) is 36.8 Å². The van der Waals surface area contributed by atoms with E-state index in [4.69, 9.17) is 22.1 Å². The van der Waals surface area contributed by atoms with Gasteiger partial charge in [0.25, 0.3) is 0 Å². The maximum absolute atomic E-state index is 13.4. The minimum Gasteiger partial charge on any atom is -0.476 e. The summed E-state index contributed by atoms with van der Waals surface area (Å²) in [6, 6.07) is 7.82. The van der Waals surface area contributed by atoms with Crippen molar-refractivity contribution in [2.75, 3.05) is 17.7 Å². The van der Waals surface area contributed by atoms with Gasteiger partial charge in [-0.3, -0.25) is 0 Å². The molecule has 0 saturated carbocycles. The number of nitrogens with one attached hydrogen (secondary N) is 1. The monoisotopic (exact) mass is 295 g/mol. The zero-order chi connectivity index (χ0) is 14.5. The Bertz CT molecular complexity index is 607. The van der Waals surface area contributed by atoms with E-state index in [2.05, 4.69) is 10.3 Å². The van der Waals surface area contributed by atoms with Gasteiger partial charge in [0.1, 0.15) is 11.6 Å². The Morgan fingerprint density at radius 2 is 2.15 bits per heavy atom. The summed E-state index contributed by atoms with van der Waals surface area (Å²) in [6.07, 6.45) is 0.862. The fourth-order valence-corrected chi connectivity index (χ4v) is 1.67. The highest BCUT2D eigenvalue weighted by Gasteiger charge is 2.06. The van der Waals surface area contributed by atoms with Crippen LogP contribution < -0.4 is 15.8 Å². The first-order valence-electron chi connectivity index (χ1n) is 6.21. The molecule has 0 aliphatic carbocycles. The molecule has 0 radical (unpaired) electrons. The molecule has 0 bridgehead atoms. The standard InChI is InChI=1S/C14H15ClFN3O/c1-2-7-20-14-12(17)5-6-13(19-14)18-9-3-4-10(15)11(16)8-9/h3-6,8H,2,7,17H2,1H3,(H,18,19). The van der Waals surface area contributed by atoms with Crippen molar-refractivity contribution in [3.63, 3.8) is 0 Å². The average Bonchev–Trinajstić information content (AvgIpc) is 2.43. The number of rotatable bonds is 5. The lowest BCUT2D eigenvalue weighted by atomic mass is 10.3. The van der Waals surface area contributed by atoms with E-state index in [-0.39, 0.29) is 5.02 Å². The number of hydrogen-bond donors (Lipinski definition) is 2. The fourth-order valence-electron chi connectivity index (χ4n) is 1.56. The molecular formula is C14H15ClFN3O. The summed E-state index contributed by atoms with van der Waals surface area (Å²) in [7, 11) is 0. The third-order valence-corrected chi connectivity index (χ3v) is 2.83. The van der Waals surface area contributed by atoms with E-state index < -0.39 is 5.82 Å². The Morgan fingerprint density at radius 1 is 1.35 bits per heavy atom. The van der Waals surface area contributed by atoms with Gasteiger partial charge in [0.05, 0.1) is 17.3 Å². The number of ether oxygens (including phenoxy) is 1. The Hall–Kier alpha value is -2.01. The van der Waals surface area contributed by atoms with Crippen LogP contribution in [0.2, 0.25) is 5.02 Å². The van der Waals surface area contributed by atoms with E-state index in [9.17, 15) is 4.39 Å². The number of anilines is 3. The van der Waals surface area contributed by atoms with Crippen molar-refractivity contribution in [2.45, 2.75) is 13.3 Å². The van der Waals surface area contributed by atoms with Gasteiger partial charge < -0.3 is 15.8 Å². The summed E-state index contributed by atoms with van der Waals surface area (Å²) in [5, 5.41) is 3.05. The lowest BCUT2D eigenvalue weighted by Crippen LogP contribution is -2.03. The molecule has 0 amide bonds. The number of pyridine rings is 1. The zero-order valence-electron chi connectivity index (χ0n) is 11.0. The van der Waals surface area contributed by atoms with Crippen molar-refractivity contribution >= 4 is 28.8 Å². The second-order valence-electron chi connectivity index (χ2n) is 4.19. The molecule has 1 heterocycles. The summed E-state index contributed by atoms with van der Waals surface area (Å²) in [5.41, 5.74) is 6.79. The third kappa shape index (κ3) is 3.51. The minimum absolute atomic E-state index is 0.0767. The zero-order valence-corrected chi connectivity index (χ0v) is 11.7. The van der Waals surface area contributed by atoms with Gasteiger partial charge in [-0.2, -0.15) is 4.98 Å². The average molecular weight is 296 g/mol. The molecule has 0 fully saturated rings. The molecule has 4 nitrogen and oxygen atoms in total. The summed E-state index contributed by atoms with van der Waals surface area (Å²) in [6.45, 7) is 2.53. The van der Waals surface area contributed by atoms with Gasteiger partial charge in [-0.15, -0.1) is 0 Å². The summed E-state index contributed by atoms with van der Waals surface area (Å²) >= 11 is 5.63. The van der Waals surface area contributed by atoms with Gasteiger partial charge in [0.15, 0.2) is 0 Å². The molecule has 106 valence electrons. The topological polar surface area (TPSA) is 60.2 Å². The smallest absolute Gasteiger partial charge is 0.239 e. The molecule has 0 saturated heterocycles. The van der Waals surface area contributed by atoms with E-state index in [0.717, 1.165) is 6.42 Å². The molecule has 0 aliphatic heterocycles. The van der Waals surface area contributed by atoms with Crippen LogP contribution in [0.4, 0.5) is 21.6 Å². The number of nitrogen functional groups attached to an aromatic ring is 1. The van der Waals surface area contributed by atoms with Gasteiger partial charge >= 0.3 is 0 Å². The van der Waals surface area contributed by atoms with Crippen molar-refractivity contribution in [1.82, 2.24) is 4.98 Å². The predicted molar refractivity (Wildman–Crippen MR) is 79.1 cm³/mol. The van der Waals surface area contributed by atoms with E-state index in [1.54, 1.807) is 18.2 Å². The van der Waals surface area contributed by atoms with E-state index >= 15 is 0 Å². The van der Waals surface area contributed by atoms with E-state index in [1.807, 2.05) is 6.92 Å². The maximum Gasteiger partial charge on any atom is 0.239 e. The number of aromatic nitrogens is 1. The van der Waals surface area contributed by atoms with Crippen LogP contribution in [-0.4, -0.2) is 11.6 Å². The van der Waals surface area contributed by atoms with Gasteiger partial charge in [0, 0.05) is 5.69 Å². The molecular weight excluding hydrogens is 281 g/mol.